The van der Waals surface area contributed by atoms with Gasteiger partial charge in [0, 0.05) is 0 Å². The van der Waals surface area contributed by atoms with Gasteiger partial charge in [-0.3, -0.25) is 0 Å². The van der Waals surface area contributed by atoms with Crippen LogP contribution in [-0.4, -0.2) is 11.2 Å². The Balaban J connectivity index is 2.41. The molecule has 1 heteroatoms. The SMILES string of the molecule is CC(C)(C)CCC(O)C1(C)CCCCC1. The lowest BCUT2D eigenvalue weighted by atomic mass is 9.70. The van der Waals surface area contributed by atoms with E-state index in [0.717, 1.165) is 12.8 Å². The average Bonchev–Trinajstić information content (AvgIpc) is 2.14. The Kier molecular flexibility index (Phi) is 4.22. The topological polar surface area (TPSA) is 20.2 Å². The third kappa shape index (κ3) is 4.14. The summed E-state index contributed by atoms with van der Waals surface area (Å²) in [4.78, 5) is 0. The highest BCUT2D eigenvalue weighted by Gasteiger charge is 2.34. The van der Waals surface area contributed by atoms with Gasteiger partial charge >= 0.3 is 0 Å². The minimum atomic E-state index is -0.0861. The number of aliphatic hydroxyl groups is 1. The molecule has 0 aliphatic heterocycles. The molecule has 0 aromatic carbocycles. The molecule has 0 spiro atoms. The smallest absolute Gasteiger partial charge is 0.0594 e. The van der Waals surface area contributed by atoms with Crippen molar-refractivity contribution in [1.29, 1.82) is 0 Å². The fourth-order valence-corrected chi connectivity index (χ4v) is 2.61. The van der Waals surface area contributed by atoms with Crippen LogP contribution in [0.2, 0.25) is 0 Å². The van der Waals surface area contributed by atoms with Crippen LogP contribution in [0.3, 0.4) is 0 Å². The first-order valence-electron chi connectivity index (χ1n) is 6.52. The lowest BCUT2D eigenvalue weighted by Crippen LogP contribution is -2.35. The first-order chi connectivity index (χ1) is 6.83. The van der Waals surface area contributed by atoms with Crippen LogP contribution in [0, 0.1) is 10.8 Å². The van der Waals surface area contributed by atoms with Gasteiger partial charge in [-0.05, 0) is 36.5 Å². The van der Waals surface area contributed by atoms with Crippen LogP contribution in [-0.2, 0) is 0 Å². The third-order valence-corrected chi connectivity index (χ3v) is 3.97. The summed E-state index contributed by atoms with van der Waals surface area (Å²) in [6, 6.07) is 0. The summed E-state index contributed by atoms with van der Waals surface area (Å²) in [7, 11) is 0. The number of hydrogen-bond acceptors (Lipinski definition) is 1. The molecule has 0 bridgehead atoms. The lowest BCUT2D eigenvalue weighted by Gasteiger charge is -2.39. The van der Waals surface area contributed by atoms with E-state index in [0.29, 0.717) is 5.41 Å². The standard InChI is InChI=1S/C14H28O/c1-13(2,3)11-8-12(15)14(4)9-6-5-7-10-14/h12,15H,5-11H2,1-4H3. The molecule has 1 N–H and O–H groups in total. The zero-order valence-electron chi connectivity index (χ0n) is 11.0. The van der Waals surface area contributed by atoms with Gasteiger partial charge in [0.1, 0.15) is 0 Å². The van der Waals surface area contributed by atoms with E-state index in [1.807, 2.05) is 0 Å². The molecule has 0 saturated heterocycles. The van der Waals surface area contributed by atoms with Crippen LogP contribution < -0.4 is 0 Å². The second kappa shape index (κ2) is 4.86. The molecular formula is C14H28O. The van der Waals surface area contributed by atoms with Gasteiger partial charge in [-0.25, -0.2) is 0 Å². The monoisotopic (exact) mass is 212 g/mol. The summed E-state index contributed by atoms with van der Waals surface area (Å²) in [5.74, 6) is 0. The maximum atomic E-state index is 10.3. The number of aliphatic hydroxyl groups excluding tert-OH is 1. The summed E-state index contributed by atoms with van der Waals surface area (Å²) >= 11 is 0. The lowest BCUT2D eigenvalue weighted by molar-refractivity contribution is -0.00225. The van der Waals surface area contributed by atoms with Crippen molar-refractivity contribution in [2.45, 2.75) is 78.7 Å². The summed E-state index contributed by atoms with van der Waals surface area (Å²) in [5, 5.41) is 10.3. The highest BCUT2D eigenvalue weighted by Crippen LogP contribution is 2.41. The van der Waals surface area contributed by atoms with Crippen molar-refractivity contribution in [2.24, 2.45) is 10.8 Å². The molecule has 1 rings (SSSR count). The van der Waals surface area contributed by atoms with E-state index in [4.69, 9.17) is 0 Å². The van der Waals surface area contributed by atoms with Gasteiger partial charge in [0.15, 0.2) is 0 Å². The Hall–Kier alpha value is -0.0400. The summed E-state index contributed by atoms with van der Waals surface area (Å²) in [6.45, 7) is 9.04. The number of rotatable bonds is 3. The minimum absolute atomic E-state index is 0.0861. The molecule has 0 aromatic rings. The van der Waals surface area contributed by atoms with Gasteiger partial charge in [0.25, 0.3) is 0 Å². The highest BCUT2D eigenvalue weighted by atomic mass is 16.3. The van der Waals surface area contributed by atoms with Gasteiger partial charge in [-0.1, -0.05) is 47.0 Å². The second-order valence-electron chi connectivity index (χ2n) is 6.83. The van der Waals surface area contributed by atoms with Crippen molar-refractivity contribution < 1.29 is 5.11 Å². The average molecular weight is 212 g/mol. The highest BCUT2D eigenvalue weighted by molar-refractivity contribution is 4.85. The van der Waals surface area contributed by atoms with Crippen molar-refractivity contribution in [1.82, 2.24) is 0 Å². The first kappa shape index (κ1) is 13.0. The molecule has 1 aliphatic rings. The molecule has 90 valence electrons. The van der Waals surface area contributed by atoms with Crippen LogP contribution in [0.15, 0.2) is 0 Å². The molecule has 0 amide bonds. The quantitative estimate of drug-likeness (QED) is 0.745. The fourth-order valence-electron chi connectivity index (χ4n) is 2.61. The molecule has 1 unspecified atom stereocenters. The maximum Gasteiger partial charge on any atom is 0.0594 e. The molecule has 15 heavy (non-hydrogen) atoms. The van der Waals surface area contributed by atoms with Gasteiger partial charge in [-0.2, -0.15) is 0 Å². The predicted octanol–water partition coefficient (Wildman–Crippen LogP) is 4.14. The largest absolute Gasteiger partial charge is 0.393 e. The van der Waals surface area contributed by atoms with E-state index >= 15 is 0 Å². The van der Waals surface area contributed by atoms with Crippen LogP contribution >= 0.6 is 0 Å². The van der Waals surface area contributed by atoms with Crippen molar-refractivity contribution in [2.75, 3.05) is 0 Å². The molecule has 1 saturated carbocycles. The van der Waals surface area contributed by atoms with Crippen LogP contribution in [0.5, 0.6) is 0 Å². The Morgan fingerprint density at radius 2 is 1.67 bits per heavy atom. The molecule has 0 radical (unpaired) electrons. The van der Waals surface area contributed by atoms with Crippen molar-refractivity contribution >= 4 is 0 Å². The Bertz CT molecular complexity index is 184. The number of hydrogen-bond donors (Lipinski definition) is 1. The molecule has 1 fully saturated rings. The van der Waals surface area contributed by atoms with Crippen LogP contribution in [0.4, 0.5) is 0 Å². The summed E-state index contributed by atoms with van der Waals surface area (Å²) in [6.07, 6.45) is 8.44. The van der Waals surface area contributed by atoms with E-state index in [1.165, 1.54) is 32.1 Å². The second-order valence-corrected chi connectivity index (χ2v) is 6.83. The minimum Gasteiger partial charge on any atom is -0.393 e. The fraction of sp³-hybridized carbons (Fsp3) is 1.00. The summed E-state index contributed by atoms with van der Waals surface area (Å²) < 4.78 is 0. The van der Waals surface area contributed by atoms with Crippen molar-refractivity contribution in [3.63, 3.8) is 0 Å². The Labute approximate surface area is 95.3 Å². The molecular weight excluding hydrogens is 184 g/mol. The van der Waals surface area contributed by atoms with Crippen LogP contribution in [0.25, 0.3) is 0 Å². The third-order valence-electron chi connectivity index (χ3n) is 3.97. The van der Waals surface area contributed by atoms with E-state index in [9.17, 15) is 5.11 Å². The van der Waals surface area contributed by atoms with Crippen molar-refractivity contribution in [3.8, 4) is 0 Å². The zero-order chi connectivity index (χ0) is 11.5. The van der Waals surface area contributed by atoms with Gasteiger partial charge in [-0.15, -0.1) is 0 Å². The van der Waals surface area contributed by atoms with Gasteiger partial charge < -0.3 is 5.11 Å². The molecule has 1 atom stereocenters. The van der Waals surface area contributed by atoms with Crippen LogP contribution in [0.1, 0.15) is 72.6 Å². The van der Waals surface area contributed by atoms with E-state index in [2.05, 4.69) is 27.7 Å². The molecule has 1 nitrogen and oxygen atoms in total. The maximum absolute atomic E-state index is 10.3. The molecule has 1 aliphatic carbocycles. The normalized spacial score (nSPS) is 23.8. The molecule has 0 aromatic heterocycles. The van der Waals surface area contributed by atoms with E-state index < -0.39 is 0 Å². The Morgan fingerprint density at radius 1 is 1.13 bits per heavy atom. The molecule has 0 heterocycles. The van der Waals surface area contributed by atoms with E-state index in [-0.39, 0.29) is 11.5 Å². The zero-order valence-corrected chi connectivity index (χ0v) is 11.0. The van der Waals surface area contributed by atoms with E-state index in [1.54, 1.807) is 0 Å². The van der Waals surface area contributed by atoms with Gasteiger partial charge in [0.2, 0.25) is 0 Å². The van der Waals surface area contributed by atoms with Gasteiger partial charge in [0.05, 0.1) is 6.10 Å². The Morgan fingerprint density at radius 3 is 2.13 bits per heavy atom. The first-order valence-corrected chi connectivity index (χ1v) is 6.52. The predicted molar refractivity (Wildman–Crippen MR) is 65.9 cm³/mol. The van der Waals surface area contributed by atoms with Crippen molar-refractivity contribution in [3.05, 3.63) is 0 Å². The summed E-state index contributed by atoms with van der Waals surface area (Å²) in [5.41, 5.74) is 0.565.